The Hall–Kier alpha value is -1.09. The van der Waals surface area contributed by atoms with Crippen LogP contribution in [0, 0.1) is 12.7 Å². The van der Waals surface area contributed by atoms with Gasteiger partial charge in [0.2, 0.25) is 0 Å². The highest BCUT2D eigenvalue weighted by Crippen LogP contribution is 2.20. The van der Waals surface area contributed by atoms with Gasteiger partial charge in [0.05, 0.1) is 0 Å². The SMILES string of the molecule is CNCc1cc(C)c(F)cc1O. The van der Waals surface area contributed by atoms with Gasteiger partial charge in [-0.15, -0.1) is 0 Å². The van der Waals surface area contributed by atoms with Gasteiger partial charge in [0, 0.05) is 18.2 Å². The fraction of sp³-hybridized carbons (Fsp3) is 0.333. The van der Waals surface area contributed by atoms with Crippen LogP contribution in [0.4, 0.5) is 4.39 Å². The van der Waals surface area contributed by atoms with E-state index in [0.29, 0.717) is 12.1 Å². The molecule has 0 aromatic heterocycles. The Morgan fingerprint density at radius 2 is 2.17 bits per heavy atom. The van der Waals surface area contributed by atoms with Crippen molar-refractivity contribution in [2.75, 3.05) is 7.05 Å². The Balaban J connectivity index is 3.05. The maximum Gasteiger partial charge on any atom is 0.129 e. The van der Waals surface area contributed by atoms with Gasteiger partial charge in [-0.1, -0.05) is 0 Å². The van der Waals surface area contributed by atoms with E-state index < -0.39 is 0 Å². The van der Waals surface area contributed by atoms with Crippen LogP contribution in [-0.4, -0.2) is 12.2 Å². The normalized spacial score (nSPS) is 10.2. The molecule has 0 unspecified atom stereocenters. The van der Waals surface area contributed by atoms with E-state index in [1.54, 1.807) is 20.0 Å². The Morgan fingerprint density at radius 3 is 2.75 bits per heavy atom. The minimum Gasteiger partial charge on any atom is -0.508 e. The summed E-state index contributed by atoms with van der Waals surface area (Å²) in [6, 6.07) is 2.78. The lowest BCUT2D eigenvalue weighted by atomic mass is 10.1. The molecule has 0 spiro atoms. The van der Waals surface area contributed by atoms with Crippen LogP contribution in [0.3, 0.4) is 0 Å². The van der Waals surface area contributed by atoms with E-state index in [0.717, 1.165) is 11.6 Å². The number of hydrogen-bond acceptors (Lipinski definition) is 2. The van der Waals surface area contributed by atoms with Gasteiger partial charge in [0.1, 0.15) is 11.6 Å². The first-order valence-corrected chi connectivity index (χ1v) is 3.77. The molecule has 0 aliphatic carbocycles. The summed E-state index contributed by atoms with van der Waals surface area (Å²) in [7, 11) is 1.78. The molecule has 66 valence electrons. The monoisotopic (exact) mass is 169 g/mol. The van der Waals surface area contributed by atoms with E-state index in [4.69, 9.17) is 0 Å². The number of phenols is 1. The van der Waals surface area contributed by atoms with E-state index in [-0.39, 0.29) is 11.6 Å². The van der Waals surface area contributed by atoms with Crippen LogP contribution < -0.4 is 5.32 Å². The van der Waals surface area contributed by atoms with Crippen LogP contribution in [0.25, 0.3) is 0 Å². The average Bonchev–Trinajstić information content (AvgIpc) is 2.01. The molecule has 2 N–H and O–H groups in total. The number of nitrogens with one attached hydrogen (secondary N) is 1. The zero-order chi connectivity index (χ0) is 9.14. The van der Waals surface area contributed by atoms with Gasteiger partial charge < -0.3 is 10.4 Å². The number of halogens is 1. The van der Waals surface area contributed by atoms with Crippen LogP contribution in [0.1, 0.15) is 11.1 Å². The number of hydrogen-bond donors (Lipinski definition) is 2. The molecule has 0 amide bonds. The van der Waals surface area contributed by atoms with E-state index >= 15 is 0 Å². The minimum atomic E-state index is -0.368. The zero-order valence-electron chi connectivity index (χ0n) is 7.19. The van der Waals surface area contributed by atoms with E-state index in [1.807, 2.05) is 0 Å². The molecule has 0 aliphatic rings. The Morgan fingerprint density at radius 1 is 1.50 bits per heavy atom. The molecule has 0 fully saturated rings. The van der Waals surface area contributed by atoms with Gasteiger partial charge in [-0.25, -0.2) is 4.39 Å². The number of rotatable bonds is 2. The molecule has 0 saturated heterocycles. The lowest BCUT2D eigenvalue weighted by Gasteiger charge is -2.05. The van der Waals surface area contributed by atoms with Gasteiger partial charge in [-0.05, 0) is 25.6 Å². The van der Waals surface area contributed by atoms with Crippen molar-refractivity contribution >= 4 is 0 Å². The average molecular weight is 169 g/mol. The highest BCUT2D eigenvalue weighted by atomic mass is 19.1. The fourth-order valence-electron chi connectivity index (χ4n) is 1.06. The molecule has 1 aromatic carbocycles. The summed E-state index contributed by atoms with van der Waals surface area (Å²) in [6.07, 6.45) is 0. The third kappa shape index (κ3) is 1.74. The van der Waals surface area contributed by atoms with Crippen molar-refractivity contribution in [2.24, 2.45) is 0 Å². The molecule has 0 atom stereocenters. The van der Waals surface area contributed by atoms with E-state index in [2.05, 4.69) is 5.32 Å². The summed E-state index contributed by atoms with van der Waals surface area (Å²) >= 11 is 0. The first-order chi connectivity index (χ1) is 5.65. The lowest BCUT2D eigenvalue weighted by molar-refractivity contribution is 0.459. The van der Waals surface area contributed by atoms with E-state index in [9.17, 15) is 9.50 Å². The van der Waals surface area contributed by atoms with Crippen molar-refractivity contribution in [1.82, 2.24) is 5.32 Å². The molecule has 0 bridgehead atoms. The highest BCUT2D eigenvalue weighted by molar-refractivity contribution is 5.36. The van der Waals surface area contributed by atoms with Gasteiger partial charge in [-0.2, -0.15) is 0 Å². The van der Waals surface area contributed by atoms with Gasteiger partial charge in [-0.3, -0.25) is 0 Å². The summed E-state index contributed by atoms with van der Waals surface area (Å²) < 4.78 is 12.8. The summed E-state index contributed by atoms with van der Waals surface area (Å²) in [4.78, 5) is 0. The molecular weight excluding hydrogens is 157 g/mol. The zero-order valence-corrected chi connectivity index (χ0v) is 7.19. The van der Waals surface area contributed by atoms with Crippen molar-refractivity contribution in [3.05, 3.63) is 29.1 Å². The number of benzene rings is 1. The third-order valence-corrected chi connectivity index (χ3v) is 1.73. The van der Waals surface area contributed by atoms with Gasteiger partial charge in [0.25, 0.3) is 0 Å². The fourth-order valence-corrected chi connectivity index (χ4v) is 1.06. The lowest BCUT2D eigenvalue weighted by Crippen LogP contribution is -2.05. The van der Waals surface area contributed by atoms with Crippen molar-refractivity contribution in [3.63, 3.8) is 0 Å². The second-order valence-corrected chi connectivity index (χ2v) is 2.76. The predicted molar refractivity (Wildman–Crippen MR) is 45.6 cm³/mol. The molecule has 0 radical (unpaired) electrons. The van der Waals surface area contributed by atoms with E-state index in [1.165, 1.54) is 0 Å². The predicted octanol–water partition coefficient (Wildman–Crippen LogP) is 1.56. The van der Waals surface area contributed by atoms with Crippen LogP contribution in [0.2, 0.25) is 0 Å². The maximum absolute atomic E-state index is 12.8. The summed E-state index contributed by atoms with van der Waals surface area (Å²) in [5, 5.41) is 12.2. The largest absolute Gasteiger partial charge is 0.508 e. The number of aromatic hydroxyl groups is 1. The molecule has 3 heteroatoms. The third-order valence-electron chi connectivity index (χ3n) is 1.73. The Bertz CT molecular complexity index is 286. The van der Waals surface area contributed by atoms with Gasteiger partial charge >= 0.3 is 0 Å². The molecule has 2 nitrogen and oxygen atoms in total. The second-order valence-electron chi connectivity index (χ2n) is 2.76. The second kappa shape index (κ2) is 3.54. The molecule has 0 aliphatic heterocycles. The molecular formula is C9H12FNO. The molecule has 0 saturated carbocycles. The number of phenolic OH excluding ortho intramolecular Hbond substituents is 1. The Labute approximate surface area is 71.0 Å². The van der Waals surface area contributed by atoms with Crippen LogP contribution in [0.5, 0.6) is 5.75 Å². The minimum absolute atomic E-state index is 0.00690. The Kier molecular flexibility index (Phi) is 2.65. The molecule has 0 heterocycles. The number of aryl methyl sites for hydroxylation is 1. The molecule has 1 aromatic rings. The van der Waals surface area contributed by atoms with Gasteiger partial charge in [0.15, 0.2) is 0 Å². The van der Waals surface area contributed by atoms with Crippen LogP contribution in [0.15, 0.2) is 12.1 Å². The molecule has 1 rings (SSSR count). The van der Waals surface area contributed by atoms with Crippen molar-refractivity contribution in [2.45, 2.75) is 13.5 Å². The highest BCUT2D eigenvalue weighted by Gasteiger charge is 2.04. The van der Waals surface area contributed by atoms with Crippen LogP contribution >= 0.6 is 0 Å². The van der Waals surface area contributed by atoms with Crippen molar-refractivity contribution in [3.8, 4) is 5.75 Å². The summed E-state index contributed by atoms with van der Waals surface area (Å²) in [5.41, 5.74) is 1.27. The maximum atomic E-state index is 12.8. The summed E-state index contributed by atoms with van der Waals surface area (Å²) in [5.74, 6) is -0.361. The standard InChI is InChI=1S/C9H12FNO/c1-6-3-7(5-11-2)9(12)4-8(6)10/h3-4,11-12H,5H2,1-2H3. The van der Waals surface area contributed by atoms with Crippen molar-refractivity contribution < 1.29 is 9.50 Å². The molecule has 12 heavy (non-hydrogen) atoms. The smallest absolute Gasteiger partial charge is 0.129 e. The van der Waals surface area contributed by atoms with Crippen molar-refractivity contribution in [1.29, 1.82) is 0 Å². The topological polar surface area (TPSA) is 32.3 Å². The first kappa shape index (κ1) is 9.00. The van der Waals surface area contributed by atoms with Crippen LogP contribution in [-0.2, 0) is 6.54 Å². The summed E-state index contributed by atoms with van der Waals surface area (Å²) in [6.45, 7) is 2.22. The quantitative estimate of drug-likeness (QED) is 0.704. The first-order valence-electron chi connectivity index (χ1n) is 3.77.